The van der Waals surface area contributed by atoms with Crippen molar-refractivity contribution < 1.29 is 24.4 Å². The lowest BCUT2D eigenvalue weighted by atomic mass is 9.58. The first-order valence-corrected chi connectivity index (χ1v) is 8.41. The van der Waals surface area contributed by atoms with E-state index < -0.39 is 0 Å². The number of ether oxygens (including phenoxy) is 3. The van der Waals surface area contributed by atoms with Gasteiger partial charge in [0.25, 0.3) is 0 Å². The van der Waals surface area contributed by atoms with Gasteiger partial charge in [0.2, 0.25) is 5.75 Å². The van der Waals surface area contributed by atoms with Crippen molar-refractivity contribution in [2.45, 2.75) is 38.0 Å². The molecule has 6 heteroatoms. The van der Waals surface area contributed by atoms with Gasteiger partial charge in [-0.15, -0.1) is 0 Å². The van der Waals surface area contributed by atoms with Gasteiger partial charge in [-0.05, 0) is 43.6 Å². The molecule has 2 atom stereocenters. The van der Waals surface area contributed by atoms with Crippen LogP contribution in [0.15, 0.2) is 12.1 Å². The Hall–Kier alpha value is -1.50. The Labute approximate surface area is 142 Å². The van der Waals surface area contributed by atoms with Gasteiger partial charge in [0.05, 0.1) is 33.5 Å². The van der Waals surface area contributed by atoms with Gasteiger partial charge in [-0.2, -0.15) is 0 Å². The fraction of sp³-hybridized carbons (Fsp3) is 0.667. The molecule has 1 aromatic carbocycles. The highest BCUT2D eigenvalue weighted by molar-refractivity contribution is 5.53. The molecule has 0 bridgehead atoms. The molecule has 0 radical (unpaired) electrons. The molecule has 0 aromatic heterocycles. The van der Waals surface area contributed by atoms with Crippen LogP contribution in [-0.4, -0.2) is 61.7 Å². The molecule has 1 aromatic rings. The van der Waals surface area contributed by atoms with Crippen molar-refractivity contribution in [3.8, 4) is 17.2 Å². The van der Waals surface area contributed by atoms with Crippen LogP contribution >= 0.6 is 0 Å². The fourth-order valence-electron chi connectivity index (χ4n) is 4.02. The lowest BCUT2D eigenvalue weighted by Crippen LogP contribution is -2.61. The average molecular weight is 337 g/mol. The summed E-state index contributed by atoms with van der Waals surface area (Å²) in [5.74, 6) is 1.91. The summed E-state index contributed by atoms with van der Waals surface area (Å²) >= 11 is 0. The Balaban J connectivity index is 1.69. The molecule has 1 aliphatic carbocycles. The maximum absolute atomic E-state index is 10.0. The van der Waals surface area contributed by atoms with Crippen molar-refractivity contribution in [2.24, 2.45) is 5.41 Å². The van der Waals surface area contributed by atoms with Crippen molar-refractivity contribution in [1.82, 2.24) is 4.90 Å². The van der Waals surface area contributed by atoms with Gasteiger partial charge in [0.15, 0.2) is 11.5 Å². The number of rotatable bonds is 5. The molecule has 1 saturated heterocycles. The van der Waals surface area contributed by atoms with Gasteiger partial charge in [-0.3, -0.25) is 4.90 Å². The maximum Gasteiger partial charge on any atom is 0.203 e. The summed E-state index contributed by atoms with van der Waals surface area (Å²) in [7, 11) is 4.83. The maximum atomic E-state index is 10.0. The Bertz CT molecular complexity index is 548. The zero-order chi connectivity index (χ0) is 17.3. The second-order valence-corrected chi connectivity index (χ2v) is 6.81. The molecule has 1 spiro atoms. The Morgan fingerprint density at radius 1 is 1.00 bits per heavy atom. The molecular weight excluding hydrogens is 310 g/mol. The van der Waals surface area contributed by atoms with Crippen LogP contribution in [0.25, 0.3) is 0 Å². The topological polar surface area (TPSA) is 71.4 Å². The molecule has 0 unspecified atom stereocenters. The first kappa shape index (κ1) is 17.3. The van der Waals surface area contributed by atoms with Crippen LogP contribution in [0.3, 0.4) is 0 Å². The van der Waals surface area contributed by atoms with Gasteiger partial charge in [0.1, 0.15) is 0 Å². The molecule has 6 nitrogen and oxygen atoms in total. The first-order chi connectivity index (χ1) is 11.5. The van der Waals surface area contributed by atoms with Crippen LogP contribution in [-0.2, 0) is 6.54 Å². The molecule has 2 N–H and O–H groups in total. The van der Waals surface area contributed by atoms with E-state index in [0.717, 1.165) is 38.0 Å². The number of aliphatic hydroxyl groups excluding tert-OH is 2. The van der Waals surface area contributed by atoms with E-state index in [2.05, 4.69) is 4.90 Å². The molecule has 24 heavy (non-hydrogen) atoms. The summed E-state index contributed by atoms with van der Waals surface area (Å²) in [6, 6.07) is 3.94. The number of aliphatic hydroxyl groups is 2. The third-order valence-electron chi connectivity index (χ3n) is 5.69. The number of likely N-dealkylation sites (tertiary alicyclic amines) is 1. The van der Waals surface area contributed by atoms with Crippen LogP contribution in [0, 0.1) is 5.41 Å². The minimum Gasteiger partial charge on any atom is -0.493 e. The fourth-order valence-corrected chi connectivity index (χ4v) is 4.02. The normalized spacial score (nSPS) is 26.0. The highest BCUT2D eigenvalue weighted by Gasteiger charge is 2.54. The lowest BCUT2D eigenvalue weighted by Gasteiger charge is -2.55. The third-order valence-corrected chi connectivity index (χ3v) is 5.69. The highest BCUT2D eigenvalue weighted by Crippen LogP contribution is 2.49. The van der Waals surface area contributed by atoms with Crippen molar-refractivity contribution in [1.29, 1.82) is 0 Å². The highest BCUT2D eigenvalue weighted by atomic mass is 16.5. The second-order valence-electron chi connectivity index (χ2n) is 6.81. The lowest BCUT2D eigenvalue weighted by molar-refractivity contribution is -0.190. The second kappa shape index (κ2) is 6.78. The van der Waals surface area contributed by atoms with E-state index in [0.29, 0.717) is 23.7 Å². The average Bonchev–Trinajstić information content (AvgIpc) is 2.61. The molecule has 134 valence electrons. The van der Waals surface area contributed by atoms with E-state index in [1.165, 1.54) is 0 Å². The van der Waals surface area contributed by atoms with Crippen LogP contribution in [0.2, 0.25) is 0 Å². The van der Waals surface area contributed by atoms with E-state index in [1.54, 1.807) is 21.3 Å². The molecule has 0 amide bonds. The Morgan fingerprint density at radius 2 is 1.54 bits per heavy atom. The summed E-state index contributed by atoms with van der Waals surface area (Å²) in [5, 5.41) is 20.1. The minimum absolute atomic E-state index is 0.272. The van der Waals surface area contributed by atoms with Crippen LogP contribution in [0.1, 0.15) is 24.8 Å². The predicted octanol–water partition coefficient (Wildman–Crippen LogP) is 1.42. The number of piperidine rings is 1. The summed E-state index contributed by atoms with van der Waals surface area (Å²) < 4.78 is 16.2. The number of nitrogens with zero attached hydrogens (tertiary/aromatic N) is 1. The molecule has 2 fully saturated rings. The van der Waals surface area contributed by atoms with Crippen molar-refractivity contribution >= 4 is 0 Å². The van der Waals surface area contributed by atoms with Crippen molar-refractivity contribution in [2.75, 3.05) is 34.4 Å². The van der Waals surface area contributed by atoms with E-state index in [9.17, 15) is 10.2 Å². The van der Waals surface area contributed by atoms with E-state index >= 15 is 0 Å². The van der Waals surface area contributed by atoms with Gasteiger partial charge in [0, 0.05) is 18.4 Å². The molecular formula is C18H27NO5. The largest absolute Gasteiger partial charge is 0.493 e. The van der Waals surface area contributed by atoms with Gasteiger partial charge in [-0.25, -0.2) is 0 Å². The smallest absolute Gasteiger partial charge is 0.203 e. The van der Waals surface area contributed by atoms with Gasteiger partial charge in [-0.1, -0.05) is 0 Å². The van der Waals surface area contributed by atoms with Crippen molar-refractivity contribution in [3.63, 3.8) is 0 Å². The monoisotopic (exact) mass is 337 g/mol. The Kier molecular flexibility index (Phi) is 4.90. The molecule has 1 saturated carbocycles. The van der Waals surface area contributed by atoms with Gasteiger partial charge < -0.3 is 24.4 Å². The zero-order valence-electron chi connectivity index (χ0n) is 14.6. The standard InChI is InChI=1S/C18H27NO5/c1-22-13-8-12(9-14(23-2)17(13)24-3)11-19-6-4-18(5-7-19)15(20)10-16(18)21/h8-9,15-16,20-21H,4-7,10-11H2,1-3H3/t15-,16+. The van der Waals surface area contributed by atoms with Crippen LogP contribution < -0.4 is 14.2 Å². The van der Waals surface area contributed by atoms with Crippen LogP contribution in [0.4, 0.5) is 0 Å². The zero-order valence-corrected chi connectivity index (χ0v) is 14.6. The quantitative estimate of drug-likeness (QED) is 0.847. The molecule has 2 aliphatic rings. The molecule has 3 rings (SSSR count). The number of hydrogen-bond donors (Lipinski definition) is 2. The third kappa shape index (κ3) is 2.83. The number of hydrogen-bond acceptors (Lipinski definition) is 6. The van der Waals surface area contributed by atoms with Crippen molar-refractivity contribution in [3.05, 3.63) is 17.7 Å². The summed E-state index contributed by atoms with van der Waals surface area (Å²) in [6.07, 6.45) is 1.48. The minimum atomic E-state index is -0.351. The van der Waals surface area contributed by atoms with Crippen LogP contribution in [0.5, 0.6) is 17.2 Å². The summed E-state index contributed by atoms with van der Waals surface area (Å²) in [4.78, 5) is 2.34. The SMILES string of the molecule is COc1cc(CN2CCC3(CC2)[C@H](O)C[C@@H]3O)cc(OC)c1OC. The first-order valence-electron chi connectivity index (χ1n) is 8.41. The summed E-state index contributed by atoms with van der Waals surface area (Å²) in [5.41, 5.74) is 0.821. The van der Waals surface area contributed by atoms with E-state index in [4.69, 9.17) is 14.2 Å². The molecule has 1 heterocycles. The number of methoxy groups -OCH3 is 3. The predicted molar refractivity (Wildman–Crippen MR) is 89.7 cm³/mol. The van der Waals surface area contributed by atoms with E-state index in [-0.39, 0.29) is 17.6 Å². The Morgan fingerprint density at radius 3 is 1.96 bits per heavy atom. The molecule has 1 aliphatic heterocycles. The van der Waals surface area contributed by atoms with Gasteiger partial charge >= 0.3 is 0 Å². The summed E-state index contributed by atoms with van der Waals surface area (Å²) in [6.45, 7) is 2.51. The van der Waals surface area contributed by atoms with E-state index in [1.807, 2.05) is 12.1 Å². The number of benzene rings is 1.